The van der Waals surface area contributed by atoms with Crippen LogP contribution in [0, 0.1) is 5.82 Å². The minimum atomic E-state index is -3.81. The van der Waals surface area contributed by atoms with Crippen LogP contribution in [0.1, 0.15) is 54.1 Å². The zero-order valence-corrected chi connectivity index (χ0v) is 17.9. The van der Waals surface area contributed by atoms with Gasteiger partial charge in [-0.2, -0.15) is 0 Å². The summed E-state index contributed by atoms with van der Waals surface area (Å²) < 4.78 is 31.1. The van der Waals surface area contributed by atoms with Crippen LogP contribution in [0.4, 0.5) is 14.9 Å². The molecule has 0 aromatic carbocycles. The lowest BCUT2D eigenvalue weighted by Gasteiger charge is -2.15. The SMILES string of the molecule is CC(C)(O)c1scc(S(N)(=O)=NC(=O)Nc2c3c(nc4c2CCC4)CCC3)c1F. The van der Waals surface area contributed by atoms with Crippen molar-refractivity contribution in [1.82, 2.24) is 4.98 Å². The van der Waals surface area contributed by atoms with Gasteiger partial charge in [0.05, 0.1) is 16.2 Å². The number of halogens is 1. The monoisotopic (exact) mass is 438 g/mol. The molecule has 0 saturated carbocycles. The topological polar surface area (TPSA) is 118 Å². The number of pyridine rings is 1. The molecule has 4 N–H and O–H groups in total. The molecular formula is C19H23FN4O3S2. The second kappa shape index (κ2) is 7.12. The fourth-order valence-electron chi connectivity index (χ4n) is 3.98. The van der Waals surface area contributed by atoms with Crippen LogP contribution < -0.4 is 10.5 Å². The van der Waals surface area contributed by atoms with Crippen LogP contribution in [0.3, 0.4) is 0 Å². The highest BCUT2D eigenvalue weighted by Gasteiger charge is 2.30. The quantitative estimate of drug-likeness (QED) is 0.680. The van der Waals surface area contributed by atoms with Crippen molar-refractivity contribution in [2.24, 2.45) is 9.50 Å². The van der Waals surface area contributed by atoms with Crippen molar-refractivity contribution in [2.45, 2.75) is 62.9 Å². The standard InChI is InChI=1S/C19H23FN4O3S2/c1-19(2,26)17-15(20)14(9-28-17)29(21,27)24-18(25)23-16-10-5-3-7-12(10)22-13-8-4-6-11(13)16/h9,26H,3-8H2,1-2H3,(H3,21,22,23,24,25,27). The number of fused-ring (bicyclic) bond motifs is 2. The first-order chi connectivity index (χ1) is 13.6. The van der Waals surface area contributed by atoms with Gasteiger partial charge in [0.2, 0.25) is 0 Å². The number of thiophene rings is 1. The number of carbonyl (C=O) groups is 1. The van der Waals surface area contributed by atoms with E-state index in [4.69, 9.17) is 10.1 Å². The third-order valence-corrected chi connectivity index (χ3v) is 8.05. The van der Waals surface area contributed by atoms with E-state index >= 15 is 0 Å². The summed E-state index contributed by atoms with van der Waals surface area (Å²) in [7, 11) is -3.81. The second-order valence-corrected chi connectivity index (χ2v) is 10.6. The molecule has 0 spiro atoms. The summed E-state index contributed by atoms with van der Waals surface area (Å²) >= 11 is 0.889. The highest BCUT2D eigenvalue weighted by molar-refractivity contribution is 7.91. The number of carbonyl (C=O) groups excluding carboxylic acids is 1. The van der Waals surface area contributed by atoms with E-state index in [1.165, 1.54) is 19.2 Å². The molecule has 4 rings (SSSR count). The first-order valence-electron chi connectivity index (χ1n) is 9.47. The zero-order chi connectivity index (χ0) is 21.0. The number of anilines is 1. The Kier molecular flexibility index (Phi) is 5.01. The van der Waals surface area contributed by atoms with Crippen LogP contribution in [-0.4, -0.2) is 20.3 Å². The van der Waals surface area contributed by atoms with Crippen molar-refractivity contribution < 1.29 is 18.5 Å². The van der Waals surface area contributed by atoms with Crippen LogP contribution in [0.2, 0.25) is 0 Å². The Bertz CT molecular complexity index is 1100. The summed E-state index contributed by atoms with van der Waals surface area (Å²) in [6.07, 6.45) is 5.32. The molecule has 1 unspecified atom stereocenters. The maximum absolute atomic E-state index is 14.7. The van der Waals surface area contributed by atoms with E-state index in [0.717, 1.165) is 72.4 Å². The van der Waals surface area contributed by atoms with Gasteiger partial charge in [-0.15, -0.1) is 15.7 Å². The number of amides is 2. The van der Waals surface area contributed by atoms with Gasteiger partial charge in [-0.1, -0.05) is 0 Å². The molecular weight excluding hydrogens is 415 g/mol. The molecule has 10 heteroatoms. The number of nitrogens with one attached hydrogen (secondary N) is 1. The average Bonchev–Trinajstić information content (AvgIpc) is 3.31. The van der Waals surface area contributed by atoms with E-state index < -0.39 is 27.4 Å². The number of aryl methyl sites for hydroxylation is 2. The Balaban J connectivity index is 1.68. The molecule has 1 atom stereocenters. The normalized spacial score (nSPS) is 17.6. The molecule has 0 bridgehead atoms. The number of nitrogens with zero attached hydrogens (tertiary/aromatic N) is 2. The Morgan fingerprint density at radius 1 is 1.28 bits per heavy atom. The van der Waals surface area contributed by atoms with Crippen molar-refractivity contribution in [3.05, 3.63) is 38.6 Å². The zero-order valence-electron chi connectivity index (χ0n) is 16.2. The molecule has 0 saturated heterocycles. The van der Waals surface area contributed by atoms with Crippen LogP contribution in [0.25, 0.3) is 0 Å². The Morgan fingerprint density at radius 2 is 1.86 bits per heavy atom. The predicted molar refractivity (Wildman–Crippen MR) is 110 cm³/mol. The number of hydrogen-bond acceptors (Lipinski definition) is 5. The summed E-state index contributed by atoms with van der Waals surface area (Å²) in [5.74, 6) is -0.891. The van der Waals surface area contributed by atoms with Gasteiger partial charge < -0.3 is 10.4 Å². The number of urea groups is 1. The van der Waals surface area contributed by atoms with Gasteiger partial charge in [-0.25, -0.2) is 18.5 Å². The van der Waals surface area contributed by atoms with Gasteiger partial charge in [0.15, 0.2) is 5.82 Å². The maximum Gasteiger partial charge on any atom is 0.354 e. The highest BCUT2D eigenvalue weighted by atomic mass is 32.2. The molecule has 2 amide bonds. The molecule has 2 heterocycles. The van der Waals surface area contributed by atoms with Gasteiger partial charge in [-0.05, 0) is 63.5 Å². The summed E-state index contributed by atoms with van der Waals surface area (Å²) in [5.41, 5.74) is 3.24. The molecule has 2 aliphatic carbocycles. The summed E-state index contributed by atoms with van der Waals surface area (Å²) in [6, 6.07) is -0.873. The molecule has 7 nitrogen and oxygen atoms in total. The first kappa shape index (κ1) is 20.4. The summed E-state index contributed by atoms with van der Waals surface area (Å²) in [4.78, 5) is 16.9. The molecule has 29 heavy (non-hydrogen) atoms. The number of nitrogens with two attached hydrogens (primary N) is 1. The van der Waals surface area contributed by atoms with Crippen LogP contribution >= 0.6 is 11.3 Å². The van der Waals surface area contributed by atoms with Gasteiger partial charge in [0, 0.05) is 16.8 Å². The third-order valence-electron chi connectivity index (χ3n) is 5.27. The van der Waals surface area contributed by atoms with E-state index in [1.807, 2.05) is 0 Å². The van der Waals surface area contributed by atoms with Gasteiger partial charge in [0.25, 0.3) is 0 Å². The van der Waals surface area contributed by atoms with Crippen molar-refractivity contribution in [2.75, 3.05) is 5.32 Å². The first-order valence-corrected chi connectivity index (χ1v) is 11.9. The van der Waals surface area contributed by atoms with Crippen LogP contribution in [0.15, 0.2) is 14.6 Å². The molecule has 2 aliphatic rings. The largest absolute Gasteiger partial charge is 0.385 e. The fourth-order valence-corrected chi connectivity index (χ4v) is 6.32. The van der Waals surface area contributed by atoms with E-state index in [9.17, 15) is 18.5 Å². The molecule has 0 radical (unpaired) electrons. The fraction of sp³-hybridized carbons (Fsp3) is 0.474. The van der Waals surface area contributed by atoms with Gasteiger partial charge >= 0.3 is 6.03 Å². The van der Waals surface area contributed by atoms with Crippen molar-refractivity contribution in [3.63, 3.8) is 0 Å². The predicted octanol–water partition coefficient (Wildman–Crippen LogP) is 3.42. The van der Waals surface area contributed by atoms with Crippen molar-refractivity contribution >= 4 is 33.0 Å². The van der Waals surface area contributed by atoms with E-state index in [2.05, 4.69) is 9.68 Å². The summed E-state index contributed by atoms with van der Waals surface area (Å²) in [5, 5.41) is 19.8. The molecule has 2 aromatic rings. The lowest BCUT2D eigenvalue weighted by Crippen LogP contribution is -2.20. The number of hydrogen-bond donors (Lipinski definition) is 3. The van der Waals surface area contributed by atoms with E-state index in [1.54, 1.807) is 0 Å². The maximum atomic E-state index is 14.7. The second-order valence-electron chi connectivity index (χ2n) is 7.94. The van der Waals surface area contributed by atoms with Crippen LogP contribution in [0.5, 0.6) is 0 Å². The summed E-state index contributed by atoms with van der Waals surface area (Å²) in [6.45, 7) is 2.83. The third kappa shape index (κ3) is 3.70. The van der Waals surface area contributed by atoms with Crippen molar-refractivity contribution in [3.8, 4) is 0 Å². The highest BCUT2D eigenvalue weighted by Crippen LogP contribution is 2.37. The minimum Gasteiger partial charge on any atom is -0.385 e. The smallest absolute Gasteiger partial charge is 0.354 e. The Morgan fingerprint density at radius 3 is 2.38 bits per heavy atom. The van der Waals surface area contributed by atoms with E-state index in [-0.39, 0.29) is 9.77 Å². The average molecular weight is 439 g/mol. The Labute approximate surface area is 172 Å². The number of aromatic nitrogens is 1. The lowest BCUT2D eigenvalue weighted by molar-refractivity contribution is 0.0785. The van der Waals surface area contributed by atoms with Gasteiger partial charge in [0.1, 0.15) is 14.8 Å². The molecule has 2 aromatic heterocycles. The Hall–Kier alpha value is -1.88. The molecule has 0 fully saturated rings. The molecule has 156 valence electrons. The van der Waals surface area contributed by atoms with Crippen molar-refractivity contribution in [1.29, 1.82) is 0 Å². The molecule has 0 aliphatic heterocycles. The van der Waals surface area contributed by atoms with Gasteiger partial charge in [-0.3, -0.25) is 4.98 Å². The van der Waals surface area contributed by atoms with Crippen LogP contribution in [-0.2, 0) is 41.2 Å². The number of aliphatic hydroxyl groups is 1. The number of rotatable bonds is 3. The van der Waals surface area contributed by atoms with E-state index in [0.29, 0.717) is 5.69 Å². The lowest BCUT2D eigenvalue weighted by atomic mass is 10.1. The minimum absolute atomic E-state index is 0.00828.